The van der Waals surface area contributed by atoms with E-state index in [1.165, 1.54) is 29.2 Å². The van der Waals surface area contributed by atoms with Crippen molar-refractivity contribution in [3.8, 4) is 29.2 Å². The predicted molar refractivity (Wildman–Crippen MR) is 137 cm³/mol. The molecule has 0 bridgehead atoms. The molecule has 13 heteroatoms. The van der Waals surface area contributed by atoms with Gasteiger partial charge < -0.3 is 16.4 Å². The summed E-state index contributed by atoms with van der Waals surface area (Å²) in [5, 5.41) is 18.2. The number of anilines is 1. The topological polar surface area (TPSA) is 149 Å². The van der Waals surface area contributed by atoms with Crippen molar-refractivity contribution in [2.24, 2.45) is 11.1 Å². The Morgan fingerprint density at radius 2 is 2.02 bits per heavy atom. The van der Waals surface area contributed by atoms with Gasteiger partial charge in [-0.25, -0.2) is 4.68 Å². The van der Waals surface area contributed by atoms with Gasteiger partial charge in [-0.2, -0.15) is 28.6 Å². The maximum absolute atomic E-state index is 13.4. The van der Waals surface area contributed by atoms with Gasteiger partial charge in [0.25, 0.3) is 11.8 Å². The molecule has 1 saturated carbocycles. The van der Waals surface area contributed by atoms with Crippen molar-refractivity contribution < 1.29 is 22.8 Å². The summed E-state index contributed by atoms with van der Waals surface area (Å²) in [5.41, 5.74) is 11.2. The van der Waals surface area contributed by atoms with Crippen molar-refractivity contribution in [2.75, 3.05) is 18.8 Å². The first-order valence-electron chi connectivity index (χ1n) is 12.5. The monoisotopic (exact) mass is 550 g/mol. The molecule has 3 heterocycles. The van der Waals surface area contributed by atoms with E-state index in [0.29, 0.717) is 31.5 Å². The van der Waals surface area contributed by atoms with Gasteiger partial charge in [0.15, 0.2) is 0 Å². The lowest BCUT2D eigenvalue weighted by Gasteiger charge is -2.45. The maximum Gasteiger partial charge on any atom is 0.417 e. The highest BCUT2D eigenvalue weighted by Crippen LogP contribution is 2.54. The van der Waals surface area contributed by atoms with Crippen LogP contribution >= 0.6 is 0 Å². The minimum atomic E-state index is -4.67. The number of nitriles is 1. The maximum atomic E-state index is 13.4. The zero-order chi connectivity index (χ0) is 28.8. The second-order valence-electron chi connectivity index (χ2n) is 10.2. The number of aromatic nitrogens is 4. The van der Waals surface area contributed by atoms with E-state index in [0.717, 1.165) is 12.5 Å². The number of carbonyl (C=O) groups excluding carboxylic acids is 2. The van der Waals surface area contributed by atoms with Crippen LogP contribution < -0.4 is 11.5 Å². The molecule has 10 nitrogen and oxygen atoms in total. The number of nitrogens with zero attached hydrogens (tertiary/aromatic N) is 6. The van der Waals surface area contributed by atoms with Gasteiger partial charge in [0.05, 0.1) is 29.9 Å². The van der Waals surface area contributed by atoms with Gasteiger partial charge in [0, 0.05) is 24.8 Å². The molecule has 1 saturated heterocycles. The van der Waals surface area contributed by atoms with Crippen molar-refractivity contribution in [1.82, 2.24) is 24.5 Å². The zero-order valence-corrected chi connectivity index (χ0v) is 21.5. The summed E-state index contributed by atoms with van der Waals surface area (Å²) < 4.78 is 43.0. The first-order chi connectivity index (χ1) is 19.0. The molecular weight excluding hydrogens is 525 g/mol. The van der Waals surface area contributed by atoms with Crippen molar-refractivity contribution in [3.63, 3.8) is 0 Å². The quantitative estimate of drug-likeness (QED) is 0.467. The van der Waals surface area contributed by atoms with Crippen LogP contribution in [0.3, 0.4) is 0 Å². The number of hydrogen-bond donors (Lipinski definition) is 2. The number of halogens is 3. The highest BCUT2D eigenvalue weighted by molar-refractivity contribution is 6.03. The standard InChI is InChI=1S/C27H25F3N8O2/c1-2-4-21(39)36-8-7-26(15-36)9-18(10-26)38-24(32)22(25(33)40)23(35-38)17-12-34-37(14-17)13-16-5-3-6-20(19(16)11-31)27(28,29)30/h3,5-6,12,14,18H,7-10,13,15,32H2,1H3,(H2,33,40). The van der Waals surface area contributed by atoms with E-state index in [9.17, 15) is 28.0 Å². The van der Waals surface area contributed by atoms with E-state index in [-0.39, 0.29) is 46.5 Å². The number of amides is 2. The molecule has 2 aliphatic rings. The molecule has 40 heavy (non-hydrogen) atoms. The molecule has 2 aromatic heterocycles. The van der Waals surface area contributed by atoms with Gasteiger partial charge in [-0.1, -0.05) is 18.1 Å². The second-order valence-corrected chi connectivity index (χ2v) is 10.2. The van der Waals surface area contributed by atoms with Gasteiger partial charge in [-0.05, 0) is 49.2 Å². The van der Waals surface area contributed by atoms with E-state index in [1.54, 1.807) is 22.6 Å². The summed E-state index contributed by atoms with van der Waals surface area (Å²) in [5.74, 6) is 4.35. The Morgan fingerprint density at radius 3 is 2.67 bits per heavy atom. The number of likely N-dealkylation sites (tertiary alicyclic amines) is 1. The van der Waals surface area contributed by atoms with Crippen molar-refractivity contribution >= 4 is 17.6 Å². The average molecular weight is 551 g/mol. The van der Waals surface area contributed by atoms with E-state index in [4.69, 9.17) is 11.5 Å². The third-order valence-electron chi connectivity index (χ3n) is 7.64. The number of alkyl halides is 3. The van der Waals surface area contributed by atoms with E-state index >= 15 is 0 Å². The number of benzene rings is 1. The lowest BCUT2D eigenvalue weighted by atomic mass is 9.65. The normalized spacial score (nSPS) is 20.1. The molecule has 206 valence electrons. The van der Waals surface area contributed by atoms with Crippen LogP contribution in [0.4, 0.5) is 19.0 Å². The molecule has 1 spiro atoms. The third-order valence-corrected chi connectivity index (χ3v) is 7.64. The Kier molecular flexibility index (Phi) is 6.54. The fraction of sp³-hybridized carbons (Fsp3) is 0.370. The SMILES string of the molecule is CC#CC(=O)N1CCC2(CC(n3nc(-c4cnn(Cc5cccc(C(F)(F)F)c5C#N)c4)c(C(N)=O)c3N)C2)C1. The first-order valence-corrected chi connectivity index (χ1v) is 12.5. The Labute approximate surface area is 227 Å². The fourth-order valence-electron chi connectivity index (χ4n) is 5.76. The minimum Gasteiger partial charge on any atom is -0.383 e. The average Bonchev–Trinajstić information content (AvgIpc) is 3.60. The van der Waals surface area contributed by atoms with Crippen molar-refractivity contribution in [1.29, 1.82) is 5.26 Å². The van der Waals surface area contributed by atoms with E-state index < -0.39 is 23.2 Å². The summed E-state index contributed by atoms with van der Waals surface area (Å²) in [6.07, 6.45) is 0.516. The highest BCUT2D eigenvalue weighted by Gasteiger charge is 2.51. The predicted octanol–water partition coefficient (Wildman–Crippen LogP) is 2.94. The first kappa shape index (κ1) is 26.8. The molecule has 4 N–H and O–H groups in total. The Morgan fingerprint density at radius 1 is 1.27 bits per heavy atom. The second kappa shape index (κ2) is 9.75. The number of nitrogen functional groups attached to an aromatic ring is 1. The number of nitrogens with two attached hydrogens (primary N) is 2. The van der Waals surface area contributed by atoms with Crippen LogP contribution in [0, 0.1) is 28.6 Å². The van der Waals surface area contributed by atoms with Crippen LogP contribution in [0.1, 0.15) is 59.3 Å². The van der Waals surface area contributed by atoms with Gasteiger partial charge in [-0.15, -0.1) is 0 Å². The number of hydrogen-bond acceptors (Lipinski definition) is 6. The zero-order valence-electron chi connectivity index (χ0n) is 21.5. The van der Waals surface area contributed by atoms with Crippen molar-refractivity contribution in [2.45, 2.75) is 44.9 Å². The van der Waals surface area contributed by atoms with E-state index in [1.807, 2.05) is 0 Å². The van der Waals surface area contributed by atoms with Crippen LogP contribution in [0.5, 0.6) is 0 Å². The molecule has 1 aromatic carbocycles. The molecule has 0 atom stereocenters. The molecule has 0 radical (unpaired) electrons. The summed E-state index contributed by atoms with van der Waals surface area (Å²) in [6.45, 7) is 2.74. The molecule has 2 fully saturated rings. The van der Waals surface area contributed by atoms with Crippen molar-refractivity contribution in [3.05, 3.63) is 52.8 Å². The van der Waals surface area contributed by atoms with Gasteiger partial charge in [-0.3, -0.25) is 14.3 Å². The molecular formula is C27H25F3N8O2. The van der Waals surface area contributed by atoms with Crippen LogP contribution in [0.2, 0.25) is 0 Å². The molecule has 3 aromatic rings. The fourth-order valence-corrected chi connectivity index (χ4v) is 5.76. The van der Waals surface area contributed by atoms with Gasteiger partial charge >= 0.3 is 6.18 Å². The number of primary amides is 1. The third kappa shape index (κ3) is 4.64. The van der Waals surface area contributed by atoms with Crippen LogP contribution in [0.25, 0.3) is 11.3 Å². The lowest BCUT2D eigenvalue weighted by molar-refractivity contribution is -0.137. The lowest BCUT2D eigenvalue weighted by Crippen LogP contribution is -2.42. The summed E-state index contributed by atoms with van der Waals surface area (Å²) in [6, 6.07) is 5.06. The number of carbonyl (C=O) groups is 2. The Bertz CT molecular complexity index is 1610. The Hall–Kier alpha value is -4.78. The molecule has 1 aliphatic heterocycles. The molecule has 0 unspecified atom stereocenters. The molecule has 1 aliphatic carbocycles. The summed E-state index contributed by atoms with van der Waals surface area (Å²) in [7, 11) is 0. The smallest absolute Gasteiger partial charge is 0.383 e. The van der Waals surface area contributed by atoms with E-state index in [2.05, 4.69) is 22.0 Å². The van der Waals surface area contributed by atoms with Gasteiger partial charge in [0.1, 0.15) is 23.1 Å². The van der Waals surface area contributed by atoms with Crippen LogP contribution in [-0.2, 0) is 17.5 Å². The molecule has 5 rings (SSSR count). The van der Waals surface area contributed by atoms with Crippen LogP contribution in [-0.4, -0.2) is 49.4 Å². The Balaban J connectivity index is 1.38. The van der Waals surface area contributed by atoms with Crippen LogP contribution in [0.15, 0.2) is 30.6 Å². The minimum absolute atomic E-state index is 0.0266. The van der Waals surface area contributed by atoms with Gasteiger partial charge in [0.2, 0.25) is 0 Å². The highest BCUT2D eigenvalue weighted by atomic mass is 19.4. The number of rotatable bonds is 5. The largest absolute Gasteiger partial charge is 0.417 e. The summed E-state index contributed by atoms with van der Waals surface area (Å²) >= 11 is 0. The summed E-state index contributed by atoms with van der Waals surface area (Å²) in [4.78, 5) is 26.3. The molecule has 2 amide bonds.